The third-order valence-electron chi connectivity index (χ3n) is 4.88. The summed E-state index contributed by atoms with van der Waals surface area (Å²) in [5, 5.41) is 34.9. The lowest BCUT2D eigenvalue weighted by Gasteiger charge is -2.24. The minimum absolute atomic E-state index is 0.184. The number of nitrogens with zero attached hydrogens (tertiary/aromatic N) is 5. The van der Waals surface area contributed by atoms with Crippen molar-refractivity contribution in [3.05, 3.63) is 24.2 Å². The molecule has 0 saturated carbocycles. The van der Waals surface area contributed by atoms with E-state index in [9.17, 15) is 20.3 Å². The van der Waals surface area contributed by atoms with Crippen LogP contribution in [0.5, 0.6) is 0 Å². The molecule has 4 atom stereocenters. The quantitative estimate of drug-likeness (QED) is 0.619. The monoisotopic (exact) mass is 390 g/mol. The highest BCUT2D eigenvalue weighted by Gasteiger charge is 2.57. The van der Waals surface area contributed by atoms with E-state index in [4.69, 9.17) is 15.2 Å². The fourth-order valence-electron chi connectivity index (χ4n) is 3.28. The summed E-state index contributed by atoms with van der Waals surface area (Å²) in [6.45, 7) is 4.22. The van der Waals surface area contributed by atoms with Gasteiger partial charge in [0, 0.05) is 13.1 Å². The van der Waals surface area contributed by atoms with Crippen LogP contribution in [0.4, 0.5) is 10.6 Å². The van der Waals surface area contributed by atoms with Crippen molar-refractivity contribution in [2.45, 2.75) is 37.8 Å². The Hall–Kier alpha value is -2.94. The minimum Gasteiger partial charge on any atom is -0.447 e. The maximum absolute atomic E-state index is 12.0. The van der Waals surface area contributed by atoms with Gasteiger partial charge in [-0.05, 0) is 26.0 Å². The van der Waals surface area contributed by atoms with E-state index >= 15 is 0 Å². The average molecular weight is 390 g/mol. The number of fused-ring (bicyclic) bond motifs is 1. The molecular weight excluding hydrogens is 368 g/mol. The minimum atomic E-state index is -1.92. The van der Waals surface area contributed by atoms with Crippen LogP contribution in [0.3, 0.4) is 0 Å². The number of nitriles is 1. The number of nitrogens with two attached hydrogens (primary N) is 1. The summed E-state index contributed by atoms with van der Waals surface area (Å²) in [7, 11) is 0. The predicted octanol–water partition coefficient (Wildman–Crippen LogP) is -0.371. The number of amides is 1. The molecule has 4 N–H and O–H groups in total. The first-order valence-electron chi connectivity index (χ1n) is 8.85. The number of ether oxygens (including phenoxy) is 2. The average Bonchev–Trinajstić information content (AvgIpc) is 3.23. The van der Waals surface area contributed by atoms with Crippen molar-refractivity contribution in [1.82, 2.24) is 19.5 Å². The molecule has 150 valence electrons. The molecule has 11 nitrogen and oxygen atoms in total. The van der Waals surface area contributed by atoms with Crippen LogP contribution < -0.4 is 5.73 Å². The highest BCUT2D eigenvalue weighted by Crippen LogP contribution is 2.40. The summed E-state index contributed by atoms with van der Waals surface area (Å²) < 4.78 is 12.2. The fraction of sp³-hybridized carbons (Fsp3) is 0.529. The number of rotatable bonds is 5. The second-order valence-electron chi connectivity index (χ2n) is 6.35. The Morgan fingerprint density at radius 3 is 2.82 bits per heavy atom. The lowest BCUT2D eigenvalue weighted by molar-refractivity contribution is -0.0680. The van der Waals surface area contributed by atoms with Gasteiger partial charge in [0.25, 0.3) is 0 Å². The van der Waals surface area contributed by atoms with Gasteiger partial charge in [-0.15, -0.1) is 0 Å². The second-order valence-corrected chi connectivity index (χ2v) is 6.35. The standard InChI is InChI=1S/C17H22N6O5/c1-3-22(4-2)16(26)27-7-11-13(24)14(25)17(8-18,28-11)12-6-5-10-15(19)20-9-21-23(10)12/h5-6,9,11,13-14,24-25H,3-4,7H2,1-2H3,(H2,19,20,21)/t11-,13-,14-,17+/m1/s1. The lowest BCUT2D eigenvalue weighted by atomic mass is 9.92. The van der Waals surface area contributed by atoms with E-state index < -0.39 is 30.0 Å². The molecule has 11 heteroatoms. The summed E-state index contributed by atoms with van der Waals surface area (Å²) in [5.74, 6) is 0.187. The van der Waals surface area contributed by atoms with Crippen molar-refractivity contribution in [1.29, 1.82) is 5.26 Å². The van der Waals surface area contributed by atoms with E-state index in [0.29, 0.717) is 18.6 Å². The van der Waals surface area contributed by atoms with Gasteiger partial charge in [0.2, 0.25) is 5.60 Å². The predicted molar refractivity (Wildman–Crippen MR) is 95.8 cm³/mol. The van der Waals surface area contributed by atoms with E-state index in [1.165, 1.54) is 21.8 Å². The Labute approximate surface area is 160 Å². The van der Waals surface area contributed by atoms with Crippen LogP contribution in [0.1, 0.15) is 19.5 Å². The number of aliphatic hydroxyl groups is 2. The third kappa shape index (κ3) is 3.01. The van der Waals surface area contributed by atoms with Gasteiger partial charge >= 0.3 is 6.09 Å². The van der Waals surface area contributed by atoms with Crippen LogP contribution in [0.2, 0.25) is 0 Å². The summed E-state index contributed by atoms with van der Waals surface area (Å²) >= 11 is 0. The fourth-order valence-corrected chi connectivity index (χ4v) is 3.28. The number of anilines is 1. The molecule has 1 aliphatic rings. The van der Waals surface area contributed by atoms with Gasteiger partial charge in [-0.2, -0.15) is 10.4 Å². The molecule has 0 unspecified atom stereocenters. The first-order valence-corrected chi connectivity index (χ1v) is 8.85. The van der Waals surface area contributed by atoms with E-state index in [0.717, 1.165) is 0 Å². The second kappa shape index (κ2) is 7.59. The Balaban J connectivity index is 1.87. The Kier molecular flexibility index (Phi) is 5.37. The topological polar surface area (TPSA) is 159 Å². The number of aliphatic hydroxyl groups excluding tert-OH is 2. The van der Waals surface area contributed by atoms with Crippen molar-refractivity contribution < 1.29 is 24.5 Å². The van der Waals surface area contributed by atoms with Gasteiger partial charge in [-0.1, -0.05) is 0 Å². The van der Waals surface area contributed by atoms with Crippen LogP contribution >= 0.6 is 0 Å². The highest BCUT2D eigenvalue weighted by atomic mass is 16.6. The van der Waals surface area contributed by atoms with E-state index in [2.05, 4.69) is 10.1 Å². The normalized spacial score (nSPS) is 26.9. The molecule has 2 aromatic rings. The van der Waals surface area contributed by atoms with Crippen LogP contribution in [-0.4, -0.2) is 73.8 Å². The number of carbonyl (C=O) groups is 1. The Morgan fingerprint density at radius 2 is 2.18 bits per heavy atom. The van der Waals surface area contributed by atoms with Gasteiger partial charge in [0.05, 0.1) is 5.69 Å². The van der Waals surface area contributed by atoms with Gasteiger partial charge in [-0.3, -0.25) is 0 Å². The third-order valence-corrected chi connectivity index (χ3v) is 4.88. The lowest BCUT2D eigenvalue weighted by Crippen LogP contribution is -2.41. The molecule has 2 aromatic heterocycles. The largest absolute Gasteiger partial charge is 0.447 e. The van der Waals surface area contributed by atoms with Crippen molar-refractivity contribution in [2.75, 3.05) is 25.4 Å². The summed E-state index contributed by atoms with van der Waals surface area (Å²) in [4.78, 5) is 17.4. The number of carbonyl (C=O) groups excluding carboxylic acids is 1. The molecule has 0 spiro atoms. The van der Waals surface area contributed by atoms with Crippen LogP contribution in [-0.2, 0) is 15.1 Å². The molecular formula is C17H22N6O5. The number of hydrogen-bond acceptors (Lipinski definition) is 9. The molecule has 3 heterocycles. The Bertz CT molecular complexity index is 907. The zero-order valence-corrected chi connectivity index (χ0v) is 15.5. The first-order chi connectivity index (χ1) is 13.4. The van der Waals surface area contributed by atoms with Crippen molar-refractivity contribution in [3.8, 4) is 6.07 Å². The zero-order valence-electron chi connectivity index (χ0n) is 15.5. The smallest absolute Gasteiger partial charge is 0.409 e. The molecule has 0 radical (unpaired) electrons. The van der Waals surface area contributed by atoms with E-state index in [1.807, 2.05) is 6.07 Å². The molecule has 1 aliphatic heterocycles. The zero-order chi connectivity index (χ0) is 20.5. The first kappa shape index (κ1) is 19.8. The van der Waals surface area contributed by atoms with Crippen molar-refractivity contribution in [3.63, 3.8) is 0 Å². The number of hydrogen-bond donors (Lipinski definition) is 3. The van der Waals surface area contributed by atoms with Gasteiger partial charge in [-0.25, -0.2) is 14.3 Å². The van der Waals surface area contributed by atoms with Gasteiger partial charge < -0.3 is 30.3 Å². The van der Waals surface area contributed by atoms with Crippen LogP contribution in [0.15, 0.2) is 18.5 Å². The summed E-state index contributed by atoms with van der Waals surface area (Å²) in [6.07, 6.45) is -3.51. The SMILES string of the molecule is CCN(CC)C(=O)OC[C@H]1O[C@@](C#N)(c2ccc3c(N)ncnn23)[C@H](O)[C@@H]1O. The molecule has 28 heavy (non-hydrogen) atoms. The molecule has 1 saturated heterocycles. The van der Waals surface area contributed by atoms with Gasteiger partial charge in [0.1, 0.15) is 42.8 Å². The molecule has 1 amide bonds. The molecule has 3 rings (SSSR count). The summed E-state index contributed by atoms with van der Waals surface area (Å²) in [6, 6.07) is 5.03. The Morgan fingerprint density at radius 1 is 1.46 bits per heavy atom. The van der Waals surface area contributed by atoms with Crippen molar-refractivity contribution >= 4 is 17.4 Å². The van der Waals surface area contributed by atoms with Crippen molar-refractivity contribution in [2.24, 2.45) is 0 Å². The van der Waals surface area contributed by atoms with Crippen LogP contribution in [0, 0.1) is 11.3 Å². The molecule has 0 aliphatic carbocycles. The number of aromatic nitrogens is 3. The summed E-state index contributed by atoms with van der Waals surface area (Å²) in [5.41, 5.74) is 4.50. The maximum atomic E-state index is 12.0. The molecule has 0 bridgehead atoms. The van der Waals surface area contributed by atoms with Crippen LogP contribution in [0.25, 0.3) is 5.52 Å². The van der Waals surface area contributed by atoms with E-state index in [-0.39, 0.29) is 18.1 Å². The number of nitrogen functional groups attached to an aromatic ring is 1. The molecule has 1 fully saturated rings. The highest BCUT2D eigenvalue weighted by molar-refractivity contribution is 5.67. The maximum Gasteiger partial charge on any atom is 0.409 e. The molecule has 0 aromatic carbocycles. The van der Waals surface area contributed by atoms with Gasteiger partial charge in [0.15, 0.2) is 5.82 Å². The van der Waals surface area contributed by atoms with E-state index in [1.54, 1.807) is 19.9 Å².